The van der Waals surface area contributed by atoms with E-state index < -0.39 is 23.6 Å². The fourth-order valence-electron chi connectivity index (χ4n) is 2.65. The van der Waals surface area contributed by atoms with Crippen molar-refractivity contribution in [3.05, 3.63) is 65.9 Å². The summed E-state index contributed by atoms with van der Waals surface area (Å²) in [6.07, 6.45) is -1.95. The van der Waals surface area contributed by atoms with Gasteiger partial charge in [-0.15, -0.1) is 6.58 Å². The minimum Gasteiger partial charge on any atom is -0.457 e. The van der Waals surface area contributed by atoms with E-state index in [9.17, 15) is 22.8 Å². The molecule has 5 nitrogen and oxygen atoms in total. The molecule has 0 aliphatic carbocycles. The maximum Gasteiger partial charge on any atom is 0.417 e. The molecule has 0 saturated carbocycles. The molecule has 3 rings (SSSR count). The number of alkyl halides is 3. The number of carbonyl (C=O) groups is 2. The SMILES string of the molecule is C=CCN1C(=O)/C(=C/c2ccc(-c3ccccc3C(F)(F)F)o2)C(=O)NC1=S. The van der Waals surface area contributed by atoms with E-state index in [1.54, 1.807) is 0 Å². The van der Waals surface area contributed by atoms with Gasteiger partial charge in [0.25, 0.3) is 11.8 Å². The van der Waals surface area contributed by atoms with Crippen molar-refractivity contribution in [2.45, 2.75) is 6.18 Å². The summed E-state index contributed by atoms with van der Waals surface area (Å²) in [5.74, 6) is -1.36. The standard InChI is InChI=1S/C19H13F3N2O3S/c1-2-9-24-17(26)13(16(25)23-18(24)28)10-11-7-8-15(27-11)12-5-3-4-6-14(12)19(20,21)22/h2-8,10H,1,9H2,(H,23,25,28)/b13-10+. The Kier molecular flexibility index (Phi) is 5.19. The molecule has 1 N–H and O–H groups in total. The Morgan fingerprint density at radius 2 is 1.89 bits per heavy atom. The van der Waals surface area contributed by atoms with Crippen molar-refractivity contribution in [3.8, 4) is 11.3 Å². The number of carbonyl (C=O) groups excluding carboxylic acids is 2. The fraction of sp³-hybridized carbons (Fsp3) is 0.105. The summed E-state index contributed by atoms with van der Waals surface area (Å²) in [5, 5.41) is 2.32. The number of nitrogens with zero attached hydrogens (tertiary/aromatic N) is 1. The Hall–Kier alpha value is -3.20. The number of nitrogens with one attached hydrogen (secondary N) is 1. The van der Waals surface area contributed by atoms with Crippen LogP contribution in [-0.4, -0.2) is 28.4 Å². The van der Waals surface area contributed by atoms with Crippen LogP contribution in [0.1, 0.15) is 11.3 Å². The summed E-state index contributed by atoms with van der Waals surface area (Å²) in [5.41, 5.74) is -1.24. The molecule has 1 aliphatic heterocycles. The molecule has 1 fully saturated rings. The van der Waals surface area contributed by atoms with Gasteiger partial charge in [-0.3, -0.25) is 19.8 Å². The zero-order valence-corrected chi connectivity index (χ0v) is 15.1. The van der Waals surface area contributed by atoms with Crippen LogP contribution in [0.2, 0.25) is 0 Å². The van der Waals surface area contributed by atoms with E-state index in [1.807, 2.05) is 0 Å². The van der Waals surface area contributed by atoms with Crippen LogP contribution in [0.5, 0.6) is 0 Å². The zero-order valence-electron chi connectivity index (χ0n) is 14.2. The van der Waals surface area contributed by atoms with Crippen LogP contribution in [-0.2, 0) is 15.8 Å². The predicted molar refractivity (Wildman–Crippen MR) is 99.8 cm³/mol. The summed E-state index contributed by atoms with van der Waals surface area (Å²) in [4.78, 5) is 25.7. The van der Waals surface area contributed by atoms with Crippen LogP contribution < -0.4 is 5.32 Å². The summed E-state index contributed by atoms with van der Waals surface area (Å²) in [6.45, 7) is 3.62. The Labute approximate surface area is 163 Å². The first kappa shape index (κ1) is 19.6. The normalized spacial score (nSPS) is 16.5. The topological polar surface area (TPSA) is 62.6 Å². The first-order valence-electron chi connectivity index (χ1n) is 7.98. The van der Waals surface area contributed by atoms with E-state index in [4.69, 9.17) is 16.6 Å². The van der Waals surface area contributed by atoms with E-state index in [-0.39, 0.29) is 34.3 Å². The van der Waals surface area contributed by atoms with Gasteiger partial charge in [0.1, 0.15) is 17.1 Å². The van der Waals surface area contributed by atoms with Crippen molar-refractivity contribution in [2.24, 2.45) is 0 Å². The first-order chi connectivity index (χ1) is 13.2. The highest BCUT2D eigenvalue weighted by Gasteiger charge is 2.35. The van der Waals surface area contributed by atoms with Crippen molar-refractivity contribution in [1.29, 1.82) is 0 Å². The lowest BCUT2D eigenvalue weighted by Crippen LogP contribution is -2.53. The lowest BCUT2D eigenvalue weighted by molar-refractivity contribution is -0.137. The molecule has 0 bridgehead atoms. The Morgan fingerprint density at radius 3 is 2.57 bits per heavy atom. The highest BCUT2D eigenvalue weighted by atomic mass is 32.1. The van der Waals surface area contributed by atoms with E-state index in [0.717, 1.165) is 17.0 Å². The first-order valence-corrected chi connectivity index (χ1v) is 8.39. The smallest absolute Gasteiger partial charge is 0.417 e. The number of hydrogen-bond donors (Lipinski definition) is 1. The molecule has 1 aromatic carbocycles. The number of amides is 2. The molecule has 2 aromatic rings. The molecule has 0 radical (unpaired) electrons. The highest BCUT2D eigenvalue weighted by molar-refractivity contribution is 7.80. The summed E-state index contributed by atoms with van der Waals surface area (Å²) >= 11 is 4.95. The average Bonchev–Trinajstić information content (AvgIpc) is 3.10. The van der Waals surface area contributed by atoms with Gasteiger partial charge in [0.05, 0.1) is 5.56 Å². The van der Waals surface area contributed by atoms with Gasteiger partial charge in [0.15, 0.2) is 5.11 Å². The van der Waals surface area contributed by atoms with E-state index in [1.165, 1.54) is 36.4 Å². The van der Waals surface area contributed by atoms with Crippen LogP contribution in [0, 0.1) is 0 Å². The third kappa shape index (κ3) is 3.74. The van der Waals surface area contributed by atoms with Gasteiger partial charge in [-0.2, -0.15) is 13.2 Å². The second-order valence-electron chi connectivity index (χ2n) is 5.77. The van der Waals surface area contributed by atoms with Crippen LogP contribution in [0.15, 0.2) is 59.0 Å². The maximum atomic E-state index is 13.2. The van der Waals surface area contributed by atoms with Crippen molar-refractivity contribution in [2.75, 3.05) is 6.54 Å². The second kappa shape index (κ2) is 7.43. The molecule has 2 amide bonds. The average molecular weight is 406 g/mol. The highest BCUT2D eigenvalue weighted by Crippen LogP contribution is 2.37. The van der Waals surface area contributed by atoms with Crippen molar-refractivity contribution >= 4 is 35.2 Å². The van der Waals surface area contributed by atoms with Crippen molar-refractivity contribution in [3.63, 3.8) is 0 Å². The molecule has 1 aliphatic rings. The number of rotatable bonds is 4. The van der Waals surface area contributed by atoms with Gasteiger partial charge >= 0.3 is 6.18 Å². The van der Waals surface area contributed by atoms with Crippen LogP contribution >= 0.6 is 12.2 Å². The van der Waals surface area contributed by atoms with Crippen LogP contribution in [0.25, 0.3) is 17.4 Å². The minimum atomic E-state index is -4.55. The molecular weight excluding hydrogens is 393 g/mol. The molecule has 2 heterocycles. The third-order valence-corrected chi connectivity index (χ3v) is 4.23. The van der Waals surface area contributed by atoms with Crippen molar-refractivity contribution < 1.29 is 27.2 Å². The fourth-order valence-corrected chi connectivity index (χ4v) is 2.90. The van der Waals surface area contributed by atoms with Gasteiger partial charge in [-0.1, -0.05) is 24.3 Å². The Morgan fingerprint density at radius 1 is 1.18 bits per heavy atom. The van der Waals surface area contributed by atoms with E-state index >= 15 is 0 Å². The molecule has 9 heteroatoms. The van der Waals surface area contributed by atoms with Gasteiger partial charge in [0, 0.05) is 12.1 Å². The summed E-state index contributed by atoms with van der Waals surface area (Å²) in [7, 11) is 0. The largest absolute Gasteiger partial charge is 0.457 e. The molecule has 1 aromatic heterocycles. The molecule has 0 atom stereocenters. The van der Waals surface area contributed by atoms with Gasteiger partial charge in [-0.25, -0.2) is 0 Å². The number of hydrogen-bond acceptors (Lipinski definition) is 4. The lowest BCUT2D eigenvalue weighted by Gasteiger charge is -2.27. The molecule has 0 spiro atoms. The Bertz CT molecular complexity index is 1010. The third-order valence-electron chi connectivity index (χ3n) is 3.91. The summed E-state index contributed by atoms with van der Waals surface area (Å²) in [6, 6.07) is 7.68. The lowest BCUT2D eigenvalue weighted by atomic mass is 10.1. The molecule has 1 saturated heterocycles. The molecular formula is C19H13F3N2O3S. The second-order valence-corrected chi connectivity index (χ2v) is 6.15. The van der Waals surface area contributed by atoms with Crippen molar-refractivity contribution in [1.82, 2.24) is 10.2 Å². The Balaban J connectivity index is 1.97. The maximum absolute atomic E-state index is 13.2. The van der Waals surface area contributed by atoms with E-state index in [2.05, 4.69) is 11.9 Å². The quantitative estimate of drug-likeness (QED) is 0.363. The number of furan rings is 1. The van der Waals surface area contributed by atoms with Gasteiger partial charge in [0.2, 0.25) is 0 Å². The number of thiocarbonyl (C=S) groups is 1. The van der Waals surface area contributed by atoms with E-state index in [0.29, 0.717) is 0 Å². The van der Waals surface area contributed by atoms with Gasteiger partial charge < -0.3 is 4.42 Å². The minimum absolute atomic E-state index is 0.0399. The number of halogens is 3. The summed E-state index contributed by atoms with van der Waals surface area (Å²) < 4.78 is 45.0. The molecule has 144 valence electrons. The molecule has 0 unspecified atom stereocenters. The monoisotopic (exact) mass is 406 g/mol. The van der Waals surface area contributed by atoms with Crippen LogP contribution in [0.3, 0.4) is 0 Å². The van der Waals surface area contributed by atoms with Crippen LogP contribution in [0.4, 0.5) is 13.2 Å². The zero-order chi connectivity index (χ0) is 20.5. The predicted octanol–water partition coefficient (Wildman–Crippen LogP) is 3.78. The number of benzene rings is 1. The molecule has 28 heavy (non-hydrogen) atoms. The van der Waals surface area contributed by atoms with Gasteiger partial charge in [-0.05, 0) is 36.5 Å².